The van der Waals surface area contributed by atoms with E-state index in [1.54, 1.807) is 6.92 Å². The number of nitrogens with zero attached hydrogens (tertiary/aromatic N) is 3. The van der Waals surface area contributed by atoms with E-state index in [1.165, 1.54) is 30.3 Å². The van der Waals surface area contributed by atoms with Crippen molar-refractivity contribution in [2.45, 2.75) is 44.7 Å². The van der Waals surface area contributed by atoms with Crippen molar-refractivity contribution in [2.24, 2.45) is 0 Å². The molecular formula is C28H29N5O6S. The molecule has 4 aromatic rings. The highest BCUT2D eigenvalue weighted by Gasteiger charge is 2.28. The van der Waals surface area contributed by atoms with Crippen LogP contribution in [0.3, 0.4) is 0 Å². The molecular weight excluding hydrogens is 534 g/mol. The Morgan fingerprint density at radius 3 is 2.58 bits per heavy atom. The van der Waals surface area contributed by atoms with Gasteiger partial charge in [-0.25, -0.2) is 13.2 Å². The van der Waals surface area contributed by atoms with Crippen molar-refractivity contribution in [1.82, 2.24) is 15.0 Å². The summed E-state index contributed by atoms with van der Waals surface area (Å²) in [6.07, 6.45) is 0.721. The Labute approximate surface area is 231 Å². The lowest BCUT2D eigenvalue weighted by Crippen LogP contribution is -2.37. The van der Waals surface area contributed by atoms with Gasteiger partial charge >= 0.3 is 5.97 Å². The number of hydrogen-bond donors (Lipinski definition) is 2. The van der Waals surface area contributed by atoms with Gasteiger partial charge in [0.25, 0.3) is 15.9 Å². The van der Waals surface area contributed by atoms with E-state index in [0.29, 0.717) is 40.5 Å². The number of hydrogen-bond acceptors (Lipinski definition) is 9. The average molecular weight is 564 g/mol. The molecule has 3 heterocycles. The van der Waals surface area contributed by atoms with E-state index in [2.05, 4.69) is 33.9 Å². The largest absolute Gasteiger partial charge is 0.452 e. The molecule has 1 amide bonds. The molecule has 2 N–H and O–H groups in total. The minimum absolute atomic E-state index is 0.0256. The minimum atomic E-state index is -3.90. The van der Waals surface area contributed by atoms with E-state index in [0.717, 1.165) is 24.2 Å². The second-order valence-corrected chi connectivity index (χ2v) is 11.5. The maximum atomic E-state index is 13.3. The van der Waals surface area contributed by atoms with Crippen LogP contribution in [0.1, 0.15) is 41.2 Å². The second kappa shape index (κ2) is 11.1. The van der Waals surface area contributed by atoms with Gasteiger partial charge in [0.2, 0.25) is 0 Å². The molecule has 40 heavy (non-hydrogen) atoms. The van der Waals surface area contributed by atoms with Gasteiger partial charge in [0.05, 0.1) is 16.0 Å². The molecule has 0 saturated heterocycles. The van der Waals surface area contributed by atoms with Crippen molar-refractivity contribution < 1.29 is 27.3 Å². The van der Waals surface area contributed by atoms with Crippen LogP contribution in [0.25, 0.3) is 10.9 Å². The molecule has 0 atom stereocenters. The average Bonchev–Trinajstić information content (AvgIpc) is 3.33. The number of ether oxygens (including phenoxy) is 1. The number of carbonyl (C=O) groups excluding carboxylic acids is 2. The predicted molar refractivity (Wildman–Crippen MR) is 148 cm³/mol. The molecule has 2 aromatic carbocycles. The number of aromatic nitrogens is 2. The van der Waals surface area contributed by atoms with Crippen molar-refractivity contribution in [2.75, 3.05) is 23.2 Å². The number of sulfonamides is 1. The third-order valence-electron chi connectivity index (χ3n) is 6.66. The van der Waals surface area contributed by atoms with Gasteiger partial charge in [0.15, 0.2) is 12.4 Å². The zero-order valence-electron chi connectivity index (χ0n) is 22.3. The van der Waals surface area contributed by atoms with Crippen molar-refractivity contribution in [1.29, 1.82) is 0 Å². The number of amides is 1. The van der Waals surface area contributed by atoms with Crippen LogP contribution in [0.15, 0.2) is 64.0 Å². The van der Waals surface area contributed by atoms with Crippen LogP contribution in [0.2, 0.25) is 0 Å². The first-order chi connectivity index (χ1) is 19.1. The molecule has 208 valence electrons. The first-order valence-electron chi connectivity index (χ1n) is 12.8. The third-order valence-corrected chi connectivity index (χ3v) is 8.03. The fourth-order valence-corrected chi connectivity index (χ4v) is 5.60. The number of para-hydroxylation sites is 1. The van der Waals surface area contributed by atoms with Gasteiger partial charge in [0.1, 0.15) is 5.76 Å². The van der Waals surface area contributed by atoms with E-state index in [1.807, 2.05) is 24.3 Å². The molecule has 0 saturated carbocycles. The lowest BCUT2D eigenvalue weighted by atomic mass is 9.95. The second-order valence-electron chi connectivity index (χ2n) is 9.82. The van der Waals surface area contributed by atoms with Crippen LogP contribution < -0.4 is 10.0 Å². The molecule has 12 heteroatoms. The fourth-order valence-electron chi connectivity index (χ4n) is 4.61. The van der Waals surface area contributed by atoms with Gasteiger partial charge in [-0.2, -0.15) is 0 Å². The lowest BCUT2D eigenvalue weighted by Gasteiger charge is -2.32. The van der Waals surface area contributed by atoms with Crippen molar-refractivity contribution in [3.63, 3.8) is 0 Å². The smallest absolute Gasteiger partial charge is 0.339 e. The Morgan fingerprint density at radius 2 is 1.88 bits per heavy atom. The van der Waals surface area contributed by atoms with E-state index in [9.17, 15) is 18.0 Å². The number of benzene rings is 2. The van der Waals surface area contributed by atoms with Crippen molar-refractivity contribution >= 4 is 44.3 Å². The Bertz CT molecular complexity index is 1680. The highest BCUT2D eigenvalue weighted by molar-refractivity contribution is 7.92. The number of fused-ring (bicyclic) bond motifs is 2. The molecule has 2 aromatic heterocycles. The summed E-state index contributed by atoms with van der Waals surface area (Å²) in [4.78, 5) is 33.0. The first-order valence-corrected chi connectivity index (χ1v) is 14.3. The standard InChI is InChI=1S/C28H29N5O6S/c1-17(2)33-13-12-24-22(15-33)27(21-6-4-5-7-23(21)30-24)28(35)38-16-26(34)29-19-8-10-20(11-9-19)40(36,37)32-25-14-18(3)39-31-25/h4-11,14,17H,12-13,15-16H2,1-3H3,(H,29,34)(H,31,32). The highest BCUT2D eigenvalue weighted by Crippen LogP contribution is 2.29. The molecule has 0 fully saturated rings. The Hall–Kier alpha value is -4.29. The number of rotatable bonds is 8. The summed E-state index contributed by atoms with van der Waals surface area (Å²) in [7, 11) is -3.90. The predicted octanol–water partition coefficient (Wildman–Crippen LogP) is 3.89. The molecule has 1 aliphatic rings. The number of carbonyl (C=O) groups is 2. The van der Waals surface area contributed by atoms with E-state index >= 15 is 0 Å². The molecule has 11 nitrogen and oxygen atoms in total. The molecule has 0 aliphatic carbocycles. The van der Waals surface area contributed by atoms with Crippen molar-refractivity contribution in [3.8, 4) is 0 Å². The van der Waals surface area contributed by atoms with Crippen LogP contribution >= 0.6 is 0 Å². The normalized spacial score (nSPS) is 13.7. The Balaban J connectivity index is 1.26. The minimum Gasteiger partial charge on any atom is -0.452 e. The van der Waals surface area contributed by atoms with Gasteiger partial charge in [0, 0.05) is 53.9 Å². The highest BCUT2D eigenvalue weighted by atomic mass is 32.2. The summed E-state index contributed by atoms with van der Waals surface area (Å²) < 4.78 is 37.8. The topological polar surface area (TPSA) is 144 Å². The fraction of sp³-hybridized carbons (Fsp3) is 0.286. The zero-order valence-corrected chi connectivity index (χ0v) is 23.1. The van der Waals surface area contributed by atoms with Crippen LogP contribution in [-0.4, -0.2) is 54.5 Å². The van der Waals surface area contributed by atoms with Crippen molar-refractivity contribution in [3.05, 3.63) is 77.2 Å². The Morgan fingerprint density at radius 1 is 1.12 bits per heavy atom. The monoisotopic (exact) mass is 563 g/mol. The van der Waals surface area contributed by atoms with E-state index in [4.69, 9.17) is 14.2 Å². The van der Waals surface area contributed by atoms with Crippen LogP contribution in [-0.2, 0) is 32.5 Å². The summed E-state index contributed by atoms with van der Waals surface area (Å²) in [6, 6.07) is 14.7. The number of aryl methyl sites for hydroxylation is 1. The number of anilines is 2. The molecule has 0 bridgehead atoms. The molecule has 5 rings (SSSR count). The number of esters is 1. The van der Waals surface area contributed by atoms with Gasteiger partial charge in [-0.05, 0) is 51.1 Å². The lowest BCUT2D eigenvalue weighted by molar-refractivity contribution is -0.119. The maximum Gasteiger partial charge on any atom is 0.339 e. The van der Waals surface area contributed by atoms with Gasteiger partial charge < -0.3 is 14.6 Å². The summed E-state index contributed by atoms with van der Waals surface area (Å²) in [5, 5.41) is 6.93. The summed E-state index contributed by atoms with van der Waals surface area (Å²) >= 11 is 0. The van der Waals surface area contributed by atoms with Crippen LogP contribution in [0.4, 0.5) is 11.5 Å². The van der Waals surface area contributed by atoms with Crippen LogP contribution in [0, 0.1) is 6.92 Å². The molecule has 1 aliphatic heterocycles. The first kappa shape index (κ1) is 27.3. The van der Waals surface area contributed by atoms with Gasteiger partial charge in [-0.1, -0.05) is 23.4 Å². The van der Waals surface area contributed by atoms with Gasteiger partial charge in [-0.15, -0.1) is 0 Å². The summed E-state index contributed by atoms with van der Waals surface area (Å²) in [5.74, 6) is -0.620. The van der Waals surface area contributed by atoms with E-state index in [-0.39, 0.29) is 10.7 Å². The van der Waals surface area contributed by atoms with E-state index < -0.39 is 28.5 Å². The number of pyridine rings is 1. The summed E-state index contributed by atoms with van der Waals surface area (Å²) in [6.45, 7) is 6.78. The van der Waals surface area contributed by atoms with Crippen LogP contribution in [0.5, 0.6) is 0 Å². The molecule has 0 unspecified atom stereocenters. The number of nitrogens with one attached hydrogen (secondary N) is 2. The Kier molecular flexibility index (Phi) is 7.55. The molecule has 0 spiro atoms. The third kappa shape index (κ3) is 5.82. The SMILES string of the molecule is Cc1cc(NS(=O)(=O)c2ccc(NC(=O)COC(=O)c3c4c(nc5ccccc35)CCN(C(C)C)C4)cc2)no1. The zero-order chi connectivity index (χ0) is 28.4. The van der Waals surface area contributed by atoms with Gasteiger partial charge in [-0.3, -0.25) is 19.4 Å². The summed E-state index contributed by atoms with van der Waals surface area (Å²) in [5.41, 5.74) is 3.18. The molecule has 0 radical (unpaired) electrons. The quantitative estimate of drug-likeness (QED) is 0.305. The maximum absolute atomic E-state index is 13.3.